The van der Waals surface area contributed by atoms with Gasteiger partial charge < -0.3 is 15.5 Å². The smallest absolute Gasteiger partial charge is 0.224 e. The summed E-state index contributed by atoms with van der Waals surface area (Å²) in [5, 5.41) is 6.21. The summed E-state index contributed by atoms with van der Waals surface area (Å²) in [6.45, 7) is 4.71. The van der Waals surface area contributed by atoms with Crippen LogP contribution in [0.5, 0.6) is 0 Å². The van der Waals surface area contributed by atoms with Crippen molar-refractivity contribution in [2.45, 2.75) is 25.8 Å². The van der Waals surface area contributed by atoms with Gasteiger partial charge in [0.05, 0.1) is 0 Å². The van der Waals surface area contributed by atoms with Crippen molar-refractivity contribution >= 4 is 11.6 Å². The lowest BCUT2D eigenvalue weighted by Gasteiger charge is -2.34. The van der Waals surface area contributed by atoms with Crippen molar-refractivity contribution in [2.24, 2.45) is 5.92 Å². The zero-order chi connectivity index (χ0) is 14.4. The third-order valence-corrected chi connectivity index (χ3v) is 3.92. The van der Waals surface area contributed by atoms with Gasteiger partial charge in [0.2, 0.25) is 5.91 Å². The highest BCUT2D eigenvalue weighted by molar-refractivity contribution is 5.78. The molecule has 4 nitrogen and oxygen atoms in total. The van der Waals surface area contributed by atoms with E-state index in [0.29, 0.717) is 6.04 Å². The summed E-state index contributed by atoms with van der Waals surface area (Å²) < 4.78 is 0. The second-order valence-electron chi connectivity index (χ2n) is 5.56. The number of hydrogen-bond donors (Lipinski definition) is 2. The predicted octanol–water partition coefficient (Wildman–Crippen LogP) is 1.63. The van der Waals surface area contributed by atoms with Gasteiger partial charge in [-0.3, -0.25) is 4.79 Å². The van der Waals surface area contributed by atoms with Crippen LogP contribution in [0.25, 0.3) is 0 Å². The van der Waals surface area contributed by atoms with Crippen LogP contribution >= 0.6 is 0 Å². The number of piperidine rings is 1. The maximum absolute atomic E-state index is 12.0. The first-order chi connectivity index (χ1) is 9.70. The lowest BCUT2D eigenvalue weighted by molar-refractivity contribution is -0.125. The zero-order valence-corrected chi connectivity index (χ0v) is 12.4. The van der Waals surface area contributed by atoms with E-state index in [0.717, 1.165) is 32.5 Å². The monoisotopic (exact) mass is 275 g/mol. The highest BCUT2D eigenvalue weighted by Crippen LogP contribution is 2.19. The molecular formula is C16H25N3O. The van der Waals surface area contributed by atoms with Gasteiger partial charge >= 0.3 is 0 Å². The first kappa shape index (κ1) is 14.9. The second kappa shape index (κ2) is 7.29. The molecule has 0 bridgehead atoms. The SMILES string of the molecule is CNCC(C)C(=O)NC1CCN(c2ccccc2)CC1. The minimum Gasteiger partial charge on any atom is -0.371 e. The highest BCUT2D eigenvalue weighted by Gasteiger charge is 2.22. The minimum atomic E-state index is 0.0344. The molecule has 1 aliphatic rings. The van der Waals surface area contributed by atoms with E-state index in [4.69, 9.17) is 0 Å². The Morgan fingerprint density at radius 2 is 1.95 bits per heavy atom. The van der Waals surface area contributed by atoms with Gasteiger partial charge in [-0.05, 0) is 32.0 Å². The third-order valence-electron chi connectivity index (χ3n) is 3.92. The van der Waals surface area contributed by atoms with E-state index in [-0.39, 0.29) is 11.8 Å². The number of amides is 1. The van der Waals surface area contributed by atoms with Gasteiger partial charge in [0.25, 0.3) is 0 Å². The fraction of sp³-hybridized carbons (Fsp3) is 0.562. The van der Waals surface area contributed by atoms with E-state index in [1.165, 1.54) is 5.69 Å². The molecule has 2 rings (SSSR count). The summed E-state index contributed by atoms with van der Waals surface area (Å²) in [5.41, 5.74) is 1.28. The van der Waals surface area contributed by atoms with Gasteiger partial charge in [-0.1, -0.05) is 25.1 Å². The van der Waals surface area contributed by atoms with E-state index >= 15 is 0 Å². The number of nitrogens with one attached hydrogen (secondary N) is 2. The van der Waals surface area contributed by atoms with Crippen LogP contribution in [0.15, 0.2) is 30.3 Å². The standard InChI is InChI=1S/C16H25N3O/c1-13(12-17-2)16(20)18-14-8-10-19(11-9-14)15-6-4-3-5-7-15/h3-7,13-14,17H,8-12H2,1-2H3,(H,18,20). The Morgan fingerprint density at radius 3 is 2.55 bits per heavy atom. The molecule has 1 fully saturated rings. The number of rotatable bonds is 5. The summed E-state index contributed by atoms with van der Waals surface area (Å²) in [5.74, 6) is 0.199. The Hall–Kier alpha value is -1.55. The first-order valence-electron chi connectivity index (χ1n) is 7.45. The molecule has 0 spiro atoms. The van der Waals surface area contributed by atoms with E-state index in [2.05, 4.69) is 39.8 Å². The minimum absolute atomic E-state index is 0.0344. The second-order valence-corrected chi connectivity index (χ2v) is 5.56. The summed E-state index contributed by atoms with van der Waals surface area (Å²) in [6, 6.07) is 10.8. The van der Waals surface area contributed by atoms with Gasteiger partial charge in [0.15, 0.2) is 0 Å². The van der Waals surface area contributed by atoms with Crippen molar-refractivity contribution in [2.75, 3.05) is 31.6 Å². The molecule has 1 amide bonds. The fourth-order valence-corrected chi connectivity index (χ4v) is 2.66. The van der Waals surface area contributed by atoms with E-state index in [1.807, 2.05) is 20.0 Å². The third kappa shape index (κ3) is 3.97. The molecule has 0 aliphatic carbocycles. The Bertz CT molecular complexity index is 413. The van der Waals surface area contributed by atoms with Crippen molar-refractivity contribution in [1.82, 2.24) is 10.6 Å². The topological polar surface area (TPSA) is 44.4 Å². The summed E-state index contributed by atoms with van der Waals surface area (Å²) in [4.78, 5) is 14.4. The van der Waals surface area contributed by atoms with Crippen LogP contribution in [-0.4, -0.2) is 38.6 Å². The fourth-order valence-electron chi connectivity index (χ4n) is 2.66. The Labute approximate surface area is 121 Å². The molecule has 2 N–H and O–H groups in total. The van der Waals surface area contributed by atoms with E-state index in [9.17, 15) is 4.79 Å². The molecule has 20 heavy (non-hydrogen) atoms. The quantitative estimate of drug-likeness (QED) is 0.858. The molecule has 0 saturated carbocycles. The van der Waals surface area contributed by atoms with Crippen molar-refractivity contribution in [3.05, 3.63) is 30.3 Å². The summed E-state index contributed by atoms with van der Waals surface area (Å²) >= 11 is 0. The molecule has 4 heteroatoms. The summed E-state index contributed by atoms with van der Waals surface area (Å²) in [6.07, 6.45) is 2.04. The lowest BCUT2D eigenvalue weighted by Crippen LogP contribution is -2.47. The Morgan fingerprint density at radius 1 is 1.30 bits per heavy atom. The molecule has 0 aromatic heterocycles. The van der Waals surface area contributed by atoms with Gasteiger partial charge in [-0.25, -0.2) is 0 Å². The Kier molecular flexibility index (Phi) is 5.41. The van der Waals surface area contributed by atoms with Crippen molar-refractivity contribution in [3.8, 4) is 0 Å². The summed E-state index contributed by atoms with van der Waals surface area (Å²) in [7, 11) is 1.88. The molecule has 1 aromatic rings. The van der Waals surface area contributed by atoms with E-state index in [1.54, 1.807) is 0 Å². The first-order valence-corrected chi connectivity index (χ1v) is 7.45. The van der Waals surface area contributed by atoms with Crippen molar-refractivity contribution < 1.29 is 4.79 Å². The normalized spacial score (nSPS) is 17.8. The van der Waals surface area contributed by atoms with Crippen LogP contribution in [0.1, 0.15) is 19.8 Å². The molecule has 1 aliphatic heterocycles. The van der Waals surface area contributed by atoms with Crippen LogP contribution in [0.2, 0.25) is 0 Å². The van der Waals surface area contributed by atoms with Crippen LogP contribution in [0.4, 0.5) is 5.69 Å². The zero-order valence-electron chi connectivity index (χ0n) is 12.4. The molecule has 1 unspecified atom stereocenters. The predicted molar refractivity (Wildman–Crippen MR) is 82.9 cm³/mol. The Balaban J connectivity index is 1.78. The number of para-hydroxylation sites is 1. The molecule has 1 saturated heterocycles. The van der Waals surface area contributed by atoms with E-state index < -0.39 is 0 Å². The lowest BCUT2D eigenvalue weighted by atomic mass is 10.0. The van der Waals surface area contributed by atoms with Crippen LogP contribution < -0.4 is 15.5 Å². The van der Waals surface area contributed by atoms with Crippen LogP contribution in [0, 0.1) is 5.92 Å². The molecule has 1 aromatic carbocycles. The largest absolute Gasteiger partial charge is 0.371 e. The van der Waals surface area contributed by atoms with Gasteiger partial charge in [0, 0.05) is 37.3 Å². The van der Waals surface area contributed by atoms with Crippen molar-refractivity contribution in [1.29, 1.82) is 0 Å². The average molecular weight is 275 g/mol. The molecule has 110 valence electrons. The average Bonchev–Trinajstić information content (AvgIpc) is 2.49. The number of carbonyl (C=O) groups is 1. The van der Waals surface area contributed by atoms with Crippen LogP contribution in [0.3, 0.4) is 0 Å². The maximum Gasteiger partial charge on any atom is 0.224 e. The van der Waals surface area contributed by atoms with Crippen molar-refractivity contribution in [3.63, 3.8) is 0 Å². The molecular weight excluding hydrogens is 250 g/mol. The molecule has 1 atom stereocenters. The maximum atomic E-state index is 12.0. The van der Waals surface area contributed by atoms with Gasteiger partial charge in [0.1, 0.15) is 0 Å². The number of benzene rings is 1. The molecule has 1 heterocycles. The highest BCUT2D eigenvalue weighted by atomic mass is 16.1. The number of nitrogens with zero attached hydrogens (tertiary/aromatic N) is 1. The van der Waals surface area contributed by atoms with Gasteiger partial charge in [-0.15, -0.1) is 0 Å². The van der Waals surface area contributed by atoms with Gasteiger partial charge in [-0.2, -0.15) is 0 Å². The number of carbonyl (C=O) groups excluding carboxylic acids is 1. The number of anilines is 1. The van der Waals surface area contributed by atoms with Crippen LogP contribution in [-0.2, 0) is 4.79 Å². The molecule has 0 radical (unpaired) electrons. The number of hydrogen-bond acceptors (Lipinski definition) is 3.